The molecule has 0 spiro atoms. The predicted molar refractivity (Wildman–Crippen MR) is 155 cm³/mol. The van der Waals surface area contributed by atoms with Crippen molar-refractivity contribution < 1.29 is 17.9 Å². The molecule has 1 aliphatic rings. The van der Waals surface area contributed by atoms with Crippen molar-refractivity contribution in [1.82, 2.24) is 19.0 Å². The molecule has 3 aromatic heterocycles. The van der Waals surface area contributed by atoms with Crippen LogP contribution in [0, 0.1) is 12.8 Å². The predicted octanol–water partition coefficient (Wildman–Crippen LogP) is 5.97. The number of aromatic nitrogens is 3. The third kappa shape index (κ3) is 6.37. The van der Waals surface area contributed by atoms with Gasteiger partial charge in [-0.3, -0.25) is 18.9 Å². The Kier molecular flexibility index (Phi) is 8.31. The largest absolute Gasteiger partial charge is 0.489 e. The lowest BCUT2D eigenvalue weighted by atomic mass is 9.95. The minimum Gasteiger partial charge on any atom is -0.489 e. The summed E-state index contributed by atoms with van der Waals surface area (Å²) in [5, 5.41) is 0.557. The number of pyridine rings is 1. The van der Waals surface area contributed by atoms with Gasteiger partial charge in [0.25, 0.3) is 5.56 Å². The van der Waals surface area contributed by atoms with Gasteiger partial charge in [-0.2, -0.15) is 13.2 Å². The maximum Gasteiger partial charge on any atom is 0.406 e. The van der Waals surface area contributed by atoms with Crippen molar-refractivity contribution in [2.45, 2.75) is 52.6 Å². The first kappa shape index (κ1) is 29.3. The number of hydrogen-bond donors (Lipinski definition) is 0. The molecule has 0 aliphatic carbocycles. The molecule has 0 radical (unpaired) electrons. The Morgan fingerprint density at radius 2 is 1.95 bits per heavy atom. The van der Waals surface area contributed by atoms with Crippen molar-refractivity contribution in [1.29, 1.82) is 0 Å². The number of alkyl halides is 3. The zero-order valence-electron chi connectivity index (χ0n) is 22.9. The van der Waals surface area contributed by atoms with E-state index in [4.69, 9.17) is 16.3 Å². The Labute approximate surface area is 243 Å². The molecule has 5 rings (SSSR count). The minimum atomic E-state index is -4.60. The molecule has 0 unspecified atom stereocenters. The van der Waals surface area contributed by atoms with E-state index in [1.165, 1.54) is 11.3 Å². The molecule has 1 aliphatic heterocycles. The normalized spacial score (nSPS) is 18.2. The molecule has 7 nitrogen and oxygen atoms in total. The van der Waals surface area contributed by atoms with E-state index >= 15 is 0 Å². The average molecular weight is 607 g/mol. The number of piperidine rings is 1. The second-order valence-electron chi connectivity index (χ2n) is 10.5. The quantitative estimate of drug-likeness (QED) is 0.259. The van der Waals surface area contributed by atoms with Crippen molar-refractivity contribution >= 4 is 33.2 Å². The Morgan fingerprint density at radius 1 is 1.17 bits per heavy atom. The highest BCUT2D eigenvalue weighted by Crippen LogP contribution is 2.42. The first-order chi connectivity index (χ1) is 19.4. The Morgan fingerprint density at radius 3 is 2.66 bits per heavy atom. The summed E-state index contributed by atoms with van der Waals surface area (Å²) in [7, 11) is 0. The Hall–Kier alpha value is -3.15. The highest BCUT2D eigenvalue weighted by molar-refractivity contribution is 7.19. The van der Waals surface area contributed by atoms with E-state index < -0.39 is 24.0 Å². The molecule has 1 saturated heterocycles. The molecule has 2 atom stereocenters. The van der Waals surface area contributed by atoms with Crippen molar-refractivity contribution in [3.63, 3.8) is 0 Å². The summed E-state index contributed by atoms with van der Waals surface area (Å²) in [5.41, 5.74) is 1.48. The number of halogens is 4. The van der Waals surface area contributed by atoms with Gasteiger partial charge >= 0.3 is 11.9 Å². The summed E-state index contributed by atoms with van der Waals surface area (Å²) in [6.07, 6.45) is -1.11. The van der Waals surface area contributed by atoms with Gasteiger partial charge < -0.3 is 9.64 Å². The first-order valence-corrected chi connectivity index (χ1v) is 14.6. The Balaban J connectivity index is 1.53. The van der Waals surface area contributed by atoms with Gasteiger partial charge in [-0.15, -0.1) is 11.3 Å². The van der Waals surface area contributed by atoms with Gasteiger partial charge in [0.1, 0.15) is 18.4 Å². The number of benzene rings is 1. The molecule has 1 aromatic carbocycles. The monoisotopic (exact) mass is 606 g/mol. The topological polar surface area (TPSA) is 69.4 Å². The lowest BCUT2D eigenvalue weighted by Gasteiger charge is -2.37. The molecule has 41 heavy (non-hydrogen) atoms. The summed E-state index contributed by atoms with van der Waals surface area (Å²) < 4.78 is 47.6. The smallest absolute Gasteiger partial charge is 0.406 e. The molecule has 1 fully saturated rings. The average Bonchev–Trinajstić information content (AvgIpc) is 3.32. The van der Waals surface area contributed by atoms with Crippen LogP contribution in [0.3, 0.4) is 0 Å². The van der Waals surface area contributed by atoms with E-state index in [0.717, 1.165) is 70.0 Å². The number of likely N-dealkylation sites (tertiary alicyclic amines) is 1. The van der Waals surface area contributed by atoms with Crippen molar-refractivity contribution in [2.24, 2.45) is 5.92 Å². The second kappa shape index (κ2) is 11.6. The SMILES string of the molecule is CCN1CC[C@@H](Oc2c(C)cc(Cl)cc2-c2ccnc3cc(Cn4c(=O)ccn(CC(F)(F)F)c4=O)sc23)[C@@H](C)C1. The minimum absolute atomic E-state index is 0.0384. The van der Waals surface area contributed by atoms with Crippen LogP contribution in [0.2, 0.25) is 5.02 Å². The maximum atomic E-state index is 12.9. The van der Waals surface area contributed by atoms with Gasteiger partial charge in [-0.1, -0.05) is 25.4 Å². The maximum absolute atomic E-state index is 12.9. The molecule has 0 saturated carbocycles. The lowest BCUT2D eigenvalue weighted by Crippen LogP contribution is -2.44. The molecule has 4 heterocycles. The third-order valence-corrected chi connectivity index (χ3v) is 8.78. The molecule has 0 N–H and O–H groups in total. The van der Waals surface area contributed by atoms with Gasteiger partial charge in [0.15, 0.2) is 0 Å². The second-order valence-corrected chi connectivity index (χ2v) is 12.0. The number of rotatable bonds is 7. The van der Waals surface area contributed by atoms with Crippen molar-refractivity contribution in [3.8, 4) is 16.9 Å². The molecular formula is C29H30ClF3N4O3S. The van der Waals surface area contributed by atoms with E-state index in [0.29, 0.717) is 25.9 Å². The van der Waals surface area contributed by atoms with Crippen LogP contribution in [0.15, 0.2) is 52.3 Å². The van der Waals surface area contributed by atoms with Crippen LogP contribution in [0.25, 0.3) is 21.3 Å². The van der Waals surface area contributed by atoms with Gasteiger partial charge in [-0.25, -0.2) is 4.79 Å². The highest BCUT2D eigenvalue weighted by Gasteiger charge is 2.30. The first-order valence-electron chi connectivity index (χ1n) is 13.4. The van der Waals surface area contributed by atoms with E-state index in [9.17, 15) is 22.8 Å². The number of ether oxygens (including phenoxy) is 1. The molecule has 0 bridgehead atoms. The molecule has 4 aromatic rings. The van der Waals surface area contributed by atoms with Gasteiger partial charge in [0, 0.05) is 58.5 Å². The Bertz CT molecular complexity index is 1700. The number of fused-ring (bicyclic) bond motifs is 1. The summed E-state index contributed by atoms with van der Waals surface area (Å²) in [6.45, 7) is 7.59. The lowest BCUT2D eigenvalue weighted by molar-refractivity contribution is -0.141. The number of hydrogen-bond acceptors (Lipinski definition) is 6. The summed E-state index contributed by atoms with van der Waals surface area (Å²) in [4.78, 5) is 32.7. The van der Waals surface area contributed by atoms with Crippen LogP contribution < -0.4 is 16.0 Å². The van der Waals surface area contributed by atoms with E-state index in [2.05, 4.69) is 23.7 Å². The van der Waals surface area contributed by atoms with E-state index in [1.807, 2.05) is 25.1 Å². The zero-order valence-corrected chi connectivity index (χ0v) is 24.4. The van der Waals surface area contributed by atoms with Gasteiger partial charge in [0.05, 0.1) is 16.8 Å². The van der Waals surface area contributed by atoms with Gasteiger partial charge in [-0.05, 0) is 49.7 Å². The van der Waals surface area contributed by atoms with E-state index in [1.54, 1.807) is 12.3 Å². The number of thiophene rings is 1. The molecular weight excluding hydrogens is 577 g/mol. The van der Waals surface area contributed by atoms with E-state index in [-0.39, 0.29) is 12.6 Å². The fourth-order valence-corrected chi connectivity index (χ4v) is 6.76. The molecule has 218 valence electrons. The van der Waals surface area contributed by atoms with Crippen LogP contribution in [-0.2, 0) is 13.1 Å². The highest BCUT2D eigenvalue weighted by atomic mass is 35.5. The molecule has 12 heteroatoms. The van der Waals surface area contributed by atoms with Crippen molar-refractivity contribution in [2.75, 3.05) is 19.6 Å². The van der Waals surface area contributed by atoms with Crippen LogP contribution in [0.4, 0.5) is 13.2 Å². The summed E-state index contributed by atoms with van der Waals surface area (Å²) in [6, 6.07) is 8.32. The van der Waals surface area contributed by atoms with Gasteiger partial charge in [0.2, 0.25) is 0 Å². The zero-order chi connectivity index (χ0) is 29.5. The standard InChI is InChI=1S/C29H30ClF3N4O3S/c1-4-35-9-6-24(18(3)14-35)40-26-17(2)11-19(30)12-22(26)21-5-8-34-23-13-20(41-27(21)23)15-37-25(38)7-10-36(28(37)39)16-29(31,32)33/h5,7-8,10-13,18,24H,4,6,9,14-16H2,1-3H3/t18-,24+/m0/s1. The van der Waals surface area contributed by atoms with Crippen LogP contribution in [-0.4, -0.2) is 50.9 Å². The van der Waals surface area contributed by atoms with Crippen LogP contribution in [0.1, 0.15) is 30.7 Å². The van der Waals surface area contributed by atoms with Crippen LogP contribution in [0.5, 0.6) is 5.75 Å². The fraction of sp³-hybridized carbons (Fsp3) is 0.414. The number of aryl methyl sites for hydroxylation is 1. The fourth-order valence-electron chi connectivity index (χ4n) is 5.36. The third-order valence-electron chi connectivity index (χ3n) is 7.42. The van der Waals surface area contributed by atoms with Crippen LogP contribution >= 0.6 is 22.9 Å². The summed E-state index contributed by atoms with van der Waals surface area (Å²) in [5.74, 6) is 1.08. The molecule has 0 amide bonds. The van der Waals surface area contributed by atoms with Crippen molar-refractivity contribution in [3.05, 3.63) is 79.0 Å². The number of nitrogens with zero attached hydrogens (tertiary/aromatic N) is 4. The summed E-state index contributed by atoms with van der Waals surface area (Å²) >= 11 is 7.83.